The van der Waals surface area contributed by atoms with Crippen molar-refractivity contribution >= 4 is 35.8 Å². The van der Waals surface area contributed by atoms with Crippen LogP contribution in [0.5, 0.6) is 5.75 Å². The Hall–Kier alpha value is -2.29. The van der Waals surface area contributed by atoms with Crippen LogP contribution in [0.2, 0.25) is 0 Å². The second kappa shape index (κ2) is 13.2. The molecular formula is C24H33IN4O2. The number of guanidine groups is 1. The summed E-state index contributed by atoms with van der Waals surface area (Å²) in [5.41, 5.74) is 2.27. The highest BCUT2D eigenvalue weighted by Gasteiger charge is 2.25. The maximum atomic E-state index is 11.9. The lowest BCUT2D eigenvalue weighted by molar-refractivity contribution is -0.129. The van der Waals surface area contributed by atoms with Gasteiger partial charge in [0.15, 0.2) is 5.96 Å². The Morgan fingerprint density at radius 3 is 2.52 bits per heavy atom. The highest BCUT2D eigenvalue weighted by atomic mass is 127. The van der Waals surface area contributed by atoms with E-state index >= 15 is 0 Å². The number of amides is 1. The summed E-state index contributed by atoms with van der Waals surface area (Å²) in [4.78, 5) is 18.5. The molecule has 168 valence electrons. The highest BCUT2D eigenvalue weighted by Crippen LogP contribution is 2.15. The Labute approximate surface area is 202 Å². The molecule has 0 saturated carbocycles. The first-order valence-electron chi connectivity index (χ1n) is 10.8. The van der Waals surface area contributed by atoms with E-state index < -0.39 is 0 Å². The summed E-state index contributed by atoms with van der Waals surface area (Å²) >= 11 is 0. The van der Waals surface area contributed by atoms with Crippen LogP contribution >= 0.6 is 24.0 Å². The second-order valence-corrected chi connectivity index (χ2v) is 7.44. The lowest BCUT2D eigenvalue weighted by atomic mass is 10.2. The molecule has 2 aromatic rings. The van der Waals surface area contributed by atoms with Crippen LogP contribution in [0.25, 0.3) is 0 Å². The van der Waals surface area contributed by atoms with E-state index in [2.05, 4.69) is 29.7 Å². The summed E-state index contributed by atoms with van der Waals surface area (Å²) in [5.74, 6) is 1.86. The van der Waals surface area contributed by atoms with E-state index in [4.69, 9.17) is 9.73 Å². The summed E-state index contributed by atoms with van der Waals surface area (Å²) in [7, 11) is 0. The van der Waals surface area contributed by atoms with Gasteiger partial charge in [-0.1, -0.05) is 49.4 Å². The predicted octanol–water partition coefficient (Wildman–Crippen LogP) is 3.95. The van der Waals surface area contributed by atoms with Crippen molar-refractivity contribution in [3.8, 4) is 5.75 Å². The van der Waals surface area contributed by atoms with E-state index in [1.165, 1.54) is 0 Å². The summed E-state index contributed by atoms with van der Waals surface area (Å²) in [5, 5.41) is 6.76. The van der Waals surface area contributed by atoms with Crippen LogP contribution in [0.1, 0.15) is 37.8 Å². The van der Waals surface area contributed by atoms with Crippen LogP contribution < -0.4 is 15.4 Å². The number of aliphatic imine (C=N–C) groups is 1. The number of ether oxygens (including phenoxy) is 1. The minimum atomic E-state index is 0. The fourth-order valence-corrected chi connectivity index (χ4v) is 3.44. The van der Waals surface area contributed by atoms with E-state index in [1.807, 2.05) is 54.3 Å². The van der Waals surface area contributed by atoms with E-state index in [0.717, 1.165) is 48.9 Å². The third-order valence-electron chi connectivity index (χ3n) is 5.12. The van der Waals surface area contributed by atoms with Gasteiger partial charge in [-0.3, -0.25) is 4.79 Å². The van der Waals surface area contributed by atoms with Gasteiger partial charge >= 0.3 is 0 Å². The average Bonchev–Trinajstić information content (AvgIpc) is 3.25. The molecule has 0 spiro atoms. The lowest BCUT2D eigenvalue weighted by Crippen LogP contribution is -2.45. The number of nitrogens with zero attached hydrogens (tertiary/aromatic N) is 2. The largest absolute Gasteiger partial charge is 0.489 e. The summed E-state index contributed by atoms with van der Waals surface area (Å²) < 4.78 is 5.85. The zero-order valence-electron chi connectivity index (χ0n) is 18.3. The fourth-order valence-electron chi connectivity index (χ4n) is 3.44. The third-order valence-corrected chi connectivity index (χ3v) is 5.12. The van der Waals surface area contributed by atoms with Gasteiger partial charge in [-0.25, -0.2) is 4.99 Å². The highest BCUT2D eigenvalue weighted by molar-refractivity contribution is 14.0. The molecule has 0 aliphatic carbocycles. The number of carbonyl (C=O) groups excluding carboxylic acids is 1. The molecule has 31 heavy (non-hydrogen) atoms. The van der Waals surface area contributed by atoms with Gasteiger partial charge in [0.25, 0.3) is 0 Å². The van der Waals surface area contributed by atoms with Crippen LogP contribution in [-0.4, -0.2) is 42.4 Å². The molecule has 1 aliphatic rings. The van der Waals surface area contributed by atoms with Crippen LogP contribution in [0.3, 0.4) is 0 Å². The number of likely N-dealkylation sites (tertiary alicyclic amines) is 1. The van der Waals surface area contributed by atoms with Crippen molar-refractivity contribution in [1.29, 1.82) is 0 Å². The number of nitrogens with one attached hydrogen (secondary N) is 2. The zero-order valence-corrected chi connectivity index (χ0v) is 20.7. The molecule has 3 rings (SSSR count). The van der Waals surface area contributed by atoms with Gasteiger partial charge in [0.1, 0.15) is 12.4 Å². The van der Waals surface area contributed by atoms with Gasteiger partial charge < -0.3 is 20.3 Å². The molecule has 0 bridgehead atoms. The number of hydrogen-bond donors (Lipinski definition) is 2. The average molecular weight is 536 g/mol. The number of rotatable bonds is 8. The fraction of sp³-hybridized carbons (Fsp3) is 0.417. The Morgan fingerprint density at radius 1 is 1.10 bits per heavy atom. The van der Waals surface area contributed by atoms with Crippen molar-refractivity contribution < 1.29 is 9.53 Å². The molecule has 0 aromatic heterocycles. The molecule has 0 radical (unpaired) electrons. The molecule has 7 heteroatoms. The molecule has 6 nitrogen and oxygen atoms in total. The minimum Gasteiger partial charge on any atom is -0.489 e. The summed E-state index contributed by atoms with van der Waals surface area (Å²) in [6, 6.07) is 18.4. The quantitative estimate of drug-likeness (QED) is 0.305. The third kappa shape index (κ3) is 8.05. The van der Waals surface area contributed by atoms with Crippen molar-refractivity contribution in [2.24, 2.45) is 4.99 Å². The molecule has 1 aliphatic heterocycles. The maximum Gasteiger partial charge on any atom is 0.222 e. The molecule has 1 atom stereocenters. The Balaban J connectivity index is 0.00000341. The first-order valence-corrected chi connectivity index (χ1v) is 10.8. The van der Waals surface area contributed by atoms with Crippen molar-refractivity contribution in [3.05, 3.63) is 65.7 Å². The van der Waals surface area contributed by atoms with E-state index in [0.29, 0.717) is 19.6 Å². The lowest BCUT2D eigenvalue weighted by Gasteiger charge is -2.18. The standard InChI is InChI=1S/C24H32N4O2.HI/c1-3-23(29)28-15-14-21(17-28)27-24(25-4-2)26-16-19-10-12-22(13-11-19)30-18-20-8-6-5-7-9-20;/h5-13,21H,3-4,14-18H2,1-2H3,(H2,25,26,27);1H. The molecular weight excluding hydrogens is 503 g/mol. The second-order valence-electron chi connectivity index (χ2n) is 7.44. The number of hydrogen-bond acceptors (Lipinski definition) is 3. The van der Waals surface area contributed by atoms with Gasteiger partial charge in [0, 0.05) is 32.1 Å². The summed E-state index contributed by atoms with van der Waals surface area (Å²) in [6.07, 6.45) is 1.51. The molecule has 2 aromatic carbocycles. The van der Waals surface area contributed by atoms with Crippen molar-refractivity contribution in [3.63, 3.8) is 0 Å². The smallest absolute Gasteiger partial charge is 0.222 e. The first-order chi connectivity index (χ1) is 14.7. The SMILES string of the molecule is CCNC(=NCc1ccc(OCc2ccccc2)cc1)NC1CCN(C(=O)CC)C1.I. The predicted molar refractivity (Wildman–Crippen MR) is 136 cm³/mol. The number of carbonyl (C=O) groups is 1. The van der Waals surface area contributed by atoms with Crippen LogP contribution in [0, 0.1) is 0 Å². The topological polar surface area (TPSA) is 66.0 Å². The van der Waals surface area contributed by atoms with E-state index in [1.54, 1.807) is 0 Å². The molecule has 2 N–H and O–H groups in total. The van der Waals surface area contributed by atoms with E-state index in [-0.39, 0.29) is 35.9 Å². The zero-order chi connectivity index (χ0) is 21.2. The van der Waals surface area contributed by atoms with E-state index in [9.17, 15) is 4.79 Å². The molecule has 1 amide bonds. The van der Waals surface area contributed by atoms with Crippen molar-refractivity contribution in [2.75, 3.05) is 19.6 Å². The molecule has 1 unspecified atom stereocenters. The Kier molecular flexibility index (Phi) is 10.6. The van der Waals surface area contributed by atoms with Crippen LogP contribution in [0.15, 0.2) is 59.6 Å². The van der Waals surface area contributed by atoms with Gasteiger partial charge in [0.2, 0.25) is 5.91 Å². The number of benzene rings is 2. The monoisotopic (exact) mass is 536 g/mol. The molecule has 1 heterocycles. The van der Waals surface area contributed by atoms with Gasteiger partial charge in [-0.05, 0) is 36.6 Å². The summed E-state index contributed by atoms with van der Waals surface area (Å²) in [6.45, 7) is 7.45. The first kappa shape index (κ1) is 25.0. The van der Waals surface area contributed by atoms with Crippen molar-refractivity contribution in [2.45, 2.75) is 45.9 Å². The van der Waals surface area contributed by atoms with Gasteiger partial charge in [0.05, 0.1) is 6.54 Å². The van der Waals surface area contributed by atoms with Crippen LogP contribution in [0.4, 0.5) is 0 Å². The van der Waals surface area contributed by atoms with Crippen molar-refractivity contribution in [1.82, 2.24) is 15.5 Å². The Morgan fingerprint density at radius 2 is 1.84 bits per heavy atom. The van der Waals surface area contributed by atoms with Gasteiger partial charge in [-0.15, -0.1) is 24.0 Å². The molecule has 1 fully saturated rings. The van der Waals surface area contributed by atoms with Gasteiger partial charge in [-0.2, -0.15) is 0 Å². The molecule has 1 saturated heterocycles. The maximum absolute atomic E-state index is 11.9. The normalized spacial score (nSPS) is 15.9. The minimum absolute atomic E-state index is 0. The number of halogens is 1. The van der Waals surface area contributed by atoms with Crippen LogP contribution in [-0.2, 0) is 17.9 Å². The Bertz CT molecular complexity index is 827.